The highest BCUT2D eigenvalue weighted by molar-refractivity contribution is 6.43. The zero-order valence-corrected chi connectivity index (χ0v) is 10.0. The Morgan fingerprint density at radius 3 is 2.47 bits per heavy atom. The Labute approximate surface area is 107 Å². The highest BCUT2D eigenvalue weighted by atomic mass is 35.5. The number of carbonyl (C=O) groups excluding carboxylic acids is 1. The minimum Gasteiger partial charge on any atom is -0.319 e. The average Bonchev–Trinajstić information content (AvgIpc) is 2.33. The van der Waals surface area contributed by atoms with E-state index in [0.29, 0.717) is 27.5 Å². The third-order valence-corrected chi connectivity index (χ3v) is 3.12. The van der Waals surface area contributed by atoms with E-state index in [1.54, 1.807) is 24.3 Å². The van der Waals surface area contributed by atoms with Crippen molar-refractivity contribution in [1.29, 1.82) is 0 Å². The van der Waals surface area contributed by atoms with E-state index in [1.165, 1.54) is 6.07 Å². The predicted octanol–water partition coefficient (Wildman–Crippen LogP) is 3.16. The smallest absolute Gasteiger partial charge is 0.256 e. The van der Waals surface area contributed by atoms with Crippen LogP contribution >= 0.6 is 23.2 Å². The molecule has 0 saturated carbocycles. The van der Waals surface area contributed by atoms with Crippen LogP contribution < -0.4 is 5.56 Å². The van der Waals surface area contributed by atoms with Gasteiger partial charge in [-0.1, -0.05) is 35.3 Å². The Balaban J connectivity index is 2.65. The molecular formula is C12H7Cl2NO2. The van der Waals surface area contributed by atoms with Gasteiger partial charge in [0, 0.05) is 11.1 Å². The topological polar surface area (TPSA) is 49.9 Å². The first kappa shape index (κ1) is 11.9. The number of H-pyrrole nitrogens is 1. The number of rotatable bonds is 2. The van der Waals surface area contributed by atoms with Crippen LogP contribution in [0.3, 0.4) is 0 Å². The molecule has 0 bridgehead atoms. The second kappa shape index (κ2) is 4.73. The summed E-state index contributed by atoms with van der Waals surface area (Å²) in [5.41, 5.74) is 0.761. The summed E-state index contributed by atoms with van der Waals surface area (Å²) in [5.74, 6) is 0. The van der Waals surface area contributed by atoms with Crippen LogP contribution in [0.5, 0.6) is 0 Å². The van der Waals surface area contributed by atoms with E-state index in [4.69, 9.17) is 23.2 Å². The lowest BCUT2D eigenvalue weighted by Crippen LogP contribution is -2.10. The molecule has 1 aromatic carbocycles. The normalized spacial score (nSPS) is 10.2. The standard InChI is InChI=1S/C12H7Cl2NO2/c13-10-3-1-2-8(11(10)14)9-5-4-7(6-16)15-12(9)17/h1-6H,(H,15,17). The highest BCUT2D eigenvalue weighted by Gasteiger charge is 2.10. The molecule has 2 aromatic rings. The van der Waals surface area contributed by atoms with Crippen molar-refractivity contribution in [1.82, 2.24) is 4.98 Å². The Morgan fingerprint density at radius 2 is 1.82 bits per heavy atom. The minimum atomic E-state index is -0.376. The molecule has 0 atom stereocenters. The molecule has 86 valence electrons. The number of nitrogens with one attached hydrogen (secondary N) is 1. The average molecular weight is 268 g/mol. The van der Waals surface area contributed by atoms with Crippen LogP contribution in [-0.2, 0) is 0 Å². The summed E-state index contributed by atoms with van der Waals surface area (Å²) in [7, 11) is 0. The van der Waals surface area contributed by atoms with E-state index in [-0.39, 0.29) is 11.3 Å². The van der Waals surface area contributed by atoms with Crippen molar-refractivity contribution in [2.45, 2.75) is 0 Å². The third-order valence-electron chi connectivity index (χ3n) is 2.30. The van der Waals surface area contributed by atoms with Gasteiger partial charge in [0.05, 0.1) is 15.7 Å². The summed E-state index contributed by atoms with van der Waals surface area (Å²) >= 11 is 11.9. The summed E-state index contributed by atoms with van der Waals surface area (Å²) in [6.07, 6.45) is 0.574. The zero-order valence-electron chi connectivity index (χ0n) is 8.54. The van der Waals surface area contributed by atoms with Crippen molar-refractivity contribution in [3.8, 4) is 11.1 Å². The van der Waals surface area contributed by atoms with E-state index >= 15 is 0 Å². The van der Waals surface area contributed by atoms with Gasteiger partial charge in [-0.25, -0.2) is 0 Å². The Kier molecular flexibility index (Phi) is 3.31. The van der Waals surface area contributed by atoms with Gasteiger partial charge in [-0.15, -0.1) is 0 Å². The summed E-state index contributed by atoms with van der Waals surface area (Å²) in [4.78, 5) is 24.7. The molecule has 0 aliphatic carbocycles. The van der Waals surface area contributed by atoms with Crippen LogP contribution in [-0.4, -0.2) is 11.3 Å². The quantitative estimate of drug-likeness (QED) is 0.850. The van der Waals surface area contributed by atoms with Crippen LogP contribution in [0.2, 0.25) is 10.0 Å². The minimum absolute atomic E-state index is 0.219. The summed E-state index contributed by atoms with van der Waals surface area (Å²) in [6, 6.07) is 8.10. The number of hydrogen-bond acceptors (Lipinski definition) is 2. The summed E-state index contributed by atoms with van der Waals surface area (Å²) < 4.78 is 0. The van der Waals surface area contributed by atoms with Crippen LogP contribution in [0.15, 0.2) is 35.1 Å². The Hall–Kier alpha value is -1.58. The zero-order chi connectivity index (χ0) is 12.4. The molecule has 1 heterocycles. The molecule has 0 fully saturated rings. The number of benzene rings is 1. The number of carbonyl (C=O) groups is 1. The molecule has 5 heteroatoms. The molecule has 1 aromatic heterocycles. The molecule has 0 spiro atoms. The van der Waals surface area contributed by atoms with Crippen molar-refractivity contribution in [3.05, 3.63) is 56.4 Å². The summed E-state index contributed by atoms with van der Waals surface area (Å²) in [5, 5.41) is 0.696. The number of hydrogen-bond donors (Lipinski definition) is 1. The molecule has 0 unspecified atom stereocenters. The van der Waals surface area contributed by atoms with Gasteiger partial charge in [-0.05, 0) is 18.2 Å². The molecule has 3 nitrogen and oxygen atoms in total. The van der Waals surface area contributed by atoms with Crippen LogP contribution in [0, 0.1) is 0 Å². The van der Waals surface area contributed by atoms with E-state index in [9.17, 15) is 9.59 Å². The van der Waals surface area contributed by atoms with Gasteiger partial charge in [0.2, 0.25) is 0 Å². The molecular weight excluding hydrogens is 261 g/mol. The van der Waals surface area contributed by atoms with E-state index < -0.39 is 0 Å². The Morgan fingerprint density at radius 1 is 1.06 bits per heavy atom. The van der Waals surface area contributed by atoms with Crippen molar-refractivity contribution in [2.24, 2.45) is 0 Å². The lowest BCUT2D eigenvalue weighted by atomic mass is 10.1. The van der Waals surface area contributed by atoms with E-state index in [1.807, 2.05) is 0 Å². The van der Waals surface area contributed by atoms with Crippen molar-refractivity contribution < 1.29 is 4.79 Å². The molecule has 1 N–H and O–H groups in total. The fraction of sp³-hybridized carbons (Fsp3) is 0. The largest absolute Gasteiger partial charge is 0.319 e. The third kappa shape index (κ3) is 2.25. The lowest BCUT2D eigenvalue weighted by molar-refractivity contribution is 0.111. The van der Waals surface area contributed by atoms with Crippen molar-refractivity contribution >= 4 is 29.5 Å². The van der Waals surface area contributed by atoms with Crippen LogP contribution in [0.1, 0.15) is 10.5 Å². The number of aromatic amines is 1. The van der Waals surface area contributed by atoms with Gasteiger partial charge in [-0.3, -0.25) is 9.59 Å². The summed E-state index contributed by atoms with van der Waals surface area (Å²) in [6.45, 7) is 0. The first-order valence-corrected chi connectivity index (χ1v) is 5.52. The molecule has 0 aliphatic rings. The lowest BCUT2D eigenvalue weighted by Gasteiger charge is -2.05. The Bertz CT molecular complexity index is 635. The maximum atomic E-state index is 11.7. The van der Waals surface area contributed by atoms with Gasteiger partial charge in [0.25, 0.3) is 5.56 Å². The highest BCUT2D eigenvalue weighted by Crippen LogP contribution is 2.31. The maximum absolute atomic E-state index is 11.7. The number of aldehydes is 1. The maximum Gasteiger partial charge on any atom is 0.256 e. The SMILES string of the molecule is O=Cc1ccc(-c2cccc(Cl)c2Cl)c(=O)[nH]1. The fourth-order valence-corrected chi connectivity index (χ4v) is 1.88. The fourth-order valence-electron chi connectivity index (χ4n) is 1.48. The first-order valence-electron chi connectivity index (χ1n) is 4.76. The molecule has 0 saturated heterocycles. The monoisotopic (exact) mass is 267 g/mol. The molecule has 0 amide bonds. The van der Waals surface area contributed by atoms with Crippen molar-refractivity contribution in [2.75, 3.05) is 0 Å². The predicted molar refractivity (Wildman–Crippen MR) is 67.9 cm³/mol. The first-order chi connectivity index (χ1) is 8.13. The van der Waals surface area contributed by atoms with E-state index in [2.05, 4.69) is 4.98 Å². The van der Waals surface area contributed by atoms with Gasteiger partial charge in [0.1, 0.15) is 0 Å². The van der Waals surface area contributed by atoms with Crippen LogP contribution in [0.4, 0.5) is 0 Å². The van der Waals surface area contributed by atoms with Gasteiger partial charge in [-0.2, -0.15) is 0 Å². The molecule has 2 rings (SSSR count). The van der Waals surface area contributed by atoms with E-state index in [0.717, 1.165) is 0 Å². The number of halogens is 2. The van der Waals surface area contributed by atoms with Gasteiger partial charge in [0.15, 0.2) is 6.29 Å². The molecule has 0 aliphatic heterocycles. The van der Waals surface area contributed by atoms with Crippen molar-refractivity contribution in [3.63, 3.8) is 0 Å². The number of aromatic nitrogens is 1. The van der Waals surface area contributed by atoms with Gasteiger partial charge < -0.3 is 4.98 Å². The molecule has 17 heavy (non-hydrogen) atoms. The second-order valence-corrected chi connectivity index (χ2v) is 4.16. The number of pyridine rings is 1. The second-order valence-electron chi connectivity index (χ2n) is 3.38. The molecule has 0 radical (unpaired) electrons. The van der Waals surface area contributed by atoms with Gasteiger partial charge >= 0.3 is 0 Å². The van der Waals surface area contributed by atoms with Crippen LogP contribution in [0.25, 0.3) is 11.1 Å².